The van der Waals surface area contributed by atoms with Crippen LogP contribution in [0.3, 0.4) is 0 Å². The van der Waals surface area contributed by atoms with Crippen molar-refractivity contribution in [3.8, 4) is 11.4 Å². The zero-order chi connectivity index (χ0) is 13.9. The van der Waals surface area contributed by atoms with Crippen molar-refractivity contribution in [2.75, 3.05) is 5.32 Å². The largest absolute Gasteiger partial charge is 0.331 e. The van der Waals surface area contributed by atoms with Crippen LogP contribution >= 0.6 is 11.3 Å². The molecule has 0 unspecified atom stereocenters. The number of nitrogens with one attached hydrogen (secondary N) is 1. The number of aryl methyl sites for hydroxylation is 2. The van der Waals surface area contributed by atoms with Crippen molar-refractivity contribution >= 4 is 22.2 Å². The molecule has 1 aromatic carbocycles. The highest BCUT2D eigenvalue weighted by atomic mass is 32.1. The maximum atomic E-state index is 4.58. The van der Waals surface area contributed by atoms with Crippen molar-refractivity contribution < 1.29 is 0 Å². The van der Waals surface area contributed by atoms with Crippen molar-refractivity contribution in [3.05, 3.63) is 53.3 Å². The molecule has 20 heavy (non-hydrogen) atoms. The summed E-state index contributed by atoms with van der Waals surface area (Å²) < 4.78 is 0. The van der Waals surface area contributed by atoms with Gasteiger partial charge >= 0.3 is 0 Å². The molecule has 100 valence electrons. The van der Waals surface area contributed by atoms with E-state index in [0.29, 0.717) is 0 Å². The average Bonchev–Trinajstić information content (AvgIpc) is 2.93. The van der Waals surface area contributed by atoms with Gasteiger partial charge in [-0.1, -0.05) is 18.2 Å². The van der Waals surface area contributed by atoms with Gasteiger partial charge in [-0.3, -0.25) is 0 Å². The van der Waals surface area contributed by atoms with Gasteiger partial charge in [0.1, 0.15) is 12.0 Å². The molecule has 2 heterocycles. The summed E-state index contributed by atoms with van der Waals surface area (Å²) in [5.74, 6) is 0. The second-order valence-electron chi connectivity index (χ2n) is 4.52. The molecule has 0 saturated carbocycles. The average molecular weight is 282 g/mol. The smallest absolute Gasteiger partial charge is 0.187 e. The maximum Gasteiger partial charge on any atom is 0.187 e. The van der Waals surface area contributed by atoms with E-state index in [1.807, 2.05) is 11.4 Å². The molecule has 0 fully saturated rings. The summed E-state index contributed by atoms with van der Waals surface area (Å²) in [6, 6.07) is 8.10. The van der Waals surface area contributed by atoms with E-state index in [0.717, 1.165) is 22.2 Å². The molecule has 3 rings (SSSR count). The Morgan fingerprint density at radius 1 is 1.05 bits per heavy atom. The van der Waals surface area contributed by atoms with Crippen LogP contribution in [0.25, 0.3) is 11.4 Å². The van der Waals surface area contributed by atoms with Crippen LogP contribution in [0.2, 0.25) is 0 Å². The summed E-state index contributed by atoms with van der Waals surface area (Å²) in [4.78, 5) is 12.7. The highest BCUT2D eigenvalue weighted by molar-refractivity contribution is 7.14. The number of para-hydroxylation sites is 1. The van der Waals surface area contributed by atoms with E-state index in [-0.39, 0.29) is 0 Å². The monoisotopic (exact) mass is 282 g/mol. The van der Waals surface area contributed by atoms with Gasteiger partial charge in [-0.15, -0.1) is 11.3 Å². The van der Waals surface area contributed by atoms with Crippen LogP contribution in [-0.2, 0) is 0 Å². The Balaban J connectivity index is 1.88. The van der Waals surface area contributed by atoms with E-state index in [1.54, 1.807) is 17.5 Å². The molecule has 0 spiro atoms. The van der Waals surface area contributed by atoms with Crippen molar-refractivity contribution in [3.63, 3.8) is 0 Å². The molecular formula is C15H14N4S. The second-order valence-corrected chi connectivity index (χ2v) is 5.38. The van der Waals surface area contributed by atoms with Crippen molar-refractivity contribution in [1.29, 1.82) is 0 Å². The van der Waals surface area contributed by atoms with Crippen LogP contribution < -0.4 is 5.32 Å². The summed E-state index contributed by atoms with van der Waals surface area (Å²) in [7, 11) is 0. The first kappa shape index (κ1) is 12.7. The minimum atomic E-state index is 0.839. The summed E-state index contributed by atoms with van der Waals surface area (Å²) in [5, 5.41) is 6.26. The molecule has 0 atom stereocenters. The first-order valence-electron chi connectivity index (χ1n) is 6.29. The topological polar surface area (TPSA) is 50.7 Å². The standard InChI is InChI=1S/C15H14N4S/c1-10-4-3-5-11(2)14(10)19-15-18-13(8-20-15)12-6-7-16-9-17-12/h3-9H,1-2H3,(H,18,19). The van der Waals surface area contributed by atoms with Gasteiger partial charge in [0, 0.05) is 17.3 Å². The Morgan fingerprint density at radius 3 is 2.55 bits per heavy atom. The van der Waals surface area contributed by atoms with Crippen LogP contribution in [0.15, 0.2) is 42.2 Å². The fraction of sp³-hybridized carbons (Fsp3) is 0.133. The molecule has 0 amide bonds. The van der Waals surface area contributed by atoms with Gasteiger partial charge in [-0.05, 0) is 31.0 Å². The molecule has 2 aromatic heterocycles. The number of thiazole rings is 1. The molecule has 0 bridgehead atoms. The zero-order valence-corrected chi connectivity index (χ0v) is 12.1. The minimum absolute atomic E-state index is 0.839. The third kappa shape index (κ3) is 2.53. The molecule has 0 radical (unpaired) electrons. The van der Waals surface area contributed by atoms with Gasteiger partial charge in [-0.2, -0.15) is 0 Å². The third-order valence-corrected chi connectivity index (χ3v) is 3.82. The second kappa shape index (κ2) is 5.38. The van der Waals surface area contributed by atoms with E-state index in [4.69, 9.17) is 0 Å². The summed E-state index contributed by atoms with van der Waals surface area (Å²) >= 11 is 1.57. The predicted molar refractivity (Wildman–Crippen MR) is 82.3 cm³/mol. The van der Waals surface area contributed by atoms with Gasteiger partial charge < -0.3 is 5.32 Å². The van der Waals surface area contributed by atoms with E-state index >= 15 is 0 Å². The van der Waals surface area contributed by atoms with Crippen LogP contribution in [0.5, 0.6) is 0 Å². The Morgan fingerprint density at radius 2 is 1.85 bits per heavy atom. The highest BCUT2D eigenvalue weighted by Crippen LogP contribution is 2.28. The molecule has 0 aliphatic rings. The Kier molecular flexibility index (Phi) is 3.43. The van der Waals surface area contributed by atoms with Gasteiger partial charge in [0.05, 0.1) is 5.69 Å². The quantitative estimate of drug-likeness (QED) is 0.790. The molecule has 5 heteroatoms. The fourth-order valence-electron chi connectivity index (χ4n) is 2.01. The van der Waals surface area contributed by atoms with Gasteiger partial charge in [0.25, 0.3) is 0 Å². The molecule has 4 nitrogen and oxygen atoms in total. The van der Waals surface area contributed by atoms with Crippen molar-refractivity contribution in [2.24, 2.45) is 0 Å². The zero-order valence-electron chi connectivity index (χ0n) is 11.3. The molecule has 0 aliphatic carbocycles. The van der Waals surface area contributed by atoms with Crippen molar-refractivity contribution in [2.45, 2.75) is 13.8 Å². The van der Waals surface area contributed by atoms with E-state index in [2.05, 4.69) is 52.3 Å². The van der Waals surface area contributed by atoms with Crippen LogP contribution in [-0.4, -0.2) is 15.0 Å². The molecule has 1 N–H and O–H groups in total. The lowest BCUT2D eigenvalue weighted by Crippen LogP contribution is -1.95. The van der Waals surface area contributed by atoms with E-state index in [1.165, 1.54) is 17.5 Å². The number of hydrogen-bond donors (Lipinski definition) is 1. The number of anilines is 2. The number of benzene rings is 1. The predicted octanol–water partition coefficient (Wildman–Crippen LogP) is 3.96. The first-order valence-corrected chi connectivity index (χ1v) is 7.17. The van der Waals surface area contributed by atoms with Gasteiger partial charge in [0.15, 0.2) is 5.13 Å². The molecule has 3 aromatic rings. The molecule has 0 saturated heterocycles. The maximum absolute atomic E-state index is 4.58. The third-order valence-electron chi connectivity index (χ3n) is 3.06. The molecule has 0 aliphatic heterocycles. The normalized spacial score (nSPS) is 10.5. The van der Waals surface area contributed by atoms with Gasteiger partial charge in [-0.25, -0.2) is 15.0 Å². The van der Waals surface area contributed by atoms with Gasteiger partial charge in [0.2, 0.25) is 0 Å². The van der Waals surface area contributed by atoms with Crippen LogP contribution in [0, 0.1) is 13.8 Å². The summed E-state index contributed by atoms with van der Waals surface area (Å²) in [6.07, 6.45) is 3.26. The fourth-order valence-corrected chi connectivity index (χ4v) is 2.72. The number of nitrogens with zero attached hydrogens (tertiary/aromatic N) is 3. The summed E-state index contributed by atoms with van der Waals surface area (Å²) in [6.45, 7) is 4.18. The lowest BCUT2D eigenvalue weighted by molar-refractivity contribution is 1.16. The highest BCUT2D eigenvalue weighted by Gasteiger charge is 2.08. The number of aromatic nitrogens is 3. The van der Waals surface area contributed by atoms with E-state index < -0.39 is 0 Å². The Hall–Kier alpha value is -2.27. The lowest BCUT2D eigenvalue weighted by Gasteiger charge is -2.09. The molecular weight excluding hydrogens is 268 g/mol. The minimum Gasteiger partial charge on any atom is -0.331 e. The Labute approximate surface area is 121 Å². The lowest BCUT2D eigenvalue weighted by atomic mass is 10.1. The SMILES string of the molecule is Cc1cccc(C)c1Nc1nc(-c2ccncn2)cs1. The van der Waals surface area contributed by atoms with Crippen molar-refractivity contribution in [1.82, 2.24) is 15.0 Å². The Bertz CT molecular complexity index is 701. The van der Waals surface area contributed by atoms with Crippen LogP contribution in [0.1, 0.15) is 11.1 Å². The summed E-state index contributed by atoms with van der Waals surface area (Å²) in [5.41, 5.74) is 5.25. The number of hydrogen-bond acceptors (Lipinski definition) is 5. The van der Waals surface area contributed by atoms with E-state index in [9.17, 15) is 0 Å². The first-order chi connectivity index (χ1) is 9.74. The van der Waals surface area contributed by atoms with Crippen LogP contribution in [0.4, 0.5) is 10.8 Å². The number of rotatable bonds is 3.